The fourth-order valence-electron chi connectivity index (χ4n) is 2.16. The van der Waals surface area contributed by atoms with Gasteiger partial charge in [-0.05, 0) is 30.3 Å². The van der Waals surface area contributed by atoms with Gasteiger partial charge in [-0.2, -0.15) is 0 Å². The summed E-state index contributed by atoms with van der Waals surface area (Å²) in [6.07, 6.45) is 1.42. The van der Waals surface area contributed by atoms with Crippen LogP contribution in [0.2, 0.25) is 5.02 Å². The van der Waals surface area contributed by atoms with Crippen molar-refractivity contribution in [2.75, 3.05) is 0 Å². The summed E-state index contributed by atoms with van der Waals surface area (Å²) >= 11 is 11.7. The van der Waals surface area contributed by atoms with Gasteiger partial charge in [0.25, 0.3) is 5.91 Å². The first-order valence-corrected chi connectivity index (χ1v) is 7.22. The number of allylic oxidation sites excluding steroid dienone is 2. The number of amides is 1. The molecule has 0 spiro atoms. The Morgan fingerprint density at radius 3 is 2.23 bits per heavy atom. The summed E-state index contributed by atoms with van der Waals surface area (Å²) in [6.45, 7) is 0. The van der Waals surface area contributed by atoms with Gasteiger partial charge in [0.2, 0.25) is 5.78 Å². The standard InChI is InChI=1S/C17H9Cl2NO2/c18-11-7-5-10(6-8-11)17(22)20-15-9-14(19)16(21)13-4-2-1-3-12(13)15/h1-9H. The van der Waals surface area contributed by atoms with Gasteiger partial charge in [0.1, 0.15) is 0 Å². The lowest BCUT2D eigenvalue weighted by Crippen LogP contribution is -2.16. The Kier molecular flexibility index (Phi) is 3.92. The Hall–Kier alpha value is -2.23. The van der Waals surface area contributed by atoms with Crippen LogP contribution in [0.5, 0.6) is 0 Å². The highest BCUT2D eigenvalue weighted by atomic mass is 35.5. The highest BCUT2D eigenvalue weighted by Crippen LogP contribution is 2.24. The number of rotatable bonds is 1. The van der Waals surface area contributed by atoms with Crippen molar-refractivity contribution in [3.63, 3.8) is 0 Å². The van der Waals surface area contributed by atoms with Crippen LogP contribution in [0.1, 0.15) is 26.3 Å². The lowest BCUT2D eigenvalue weighted by molar-refractivity contribution is 0.0999. The summed E-state index contributed by atoms with van der Waals surface area (Å²) in [7, 11) is 0. The summed E-state index contributed by atoms with van der Waals surface area (Å²) in [6, 6.07) is 13.4. The number of fused-ring (bicyclic) bond motifs is 1. The molecule has 0 saturated carbocycles. The molecule has 3 rings (SSSR count). The first kappa shape index (κ1) is 14.7. The molecule has 0 unspecified atom stereocenters. The lowest BCUT2D eigenvalue weighted by Gasteiger charge is -2.13. The fourth-order valence-corrected chi connectivity index (χ4v) is 2.49. The third kappa shape index (κ3) is 2.73. The van der Waals surface area contributed by atoms with Gasteiger partial charge < -0.3 is 0 Å². The van der Waals surface area contributed by atoms with E-state index in [1.165, 1.54) is 6.08 Å². The number of aliphatic imine (C=N–C) groups is 1. The zero-order valence-corrected chi connectivity index (χ0v) is 12.7. The van der Waals surface area contributed by atoms with Crippen LogP contribution in [0, 0.1) is 0 Å². The molecule has 1 aliphatic carbocycles. The van der Waals surface area contributed by atoms with E-state index < -0.39 is 5.91 Å². The monoisotopic (exact) mass is 329 g/mol. The molecule has 0 fully saturated rings. The maximum absolute atomic E-state index is 12.2. The van der Waals surface area contributed by atoms with Crippen LogP contribution in [0.25, 0.3) is 0 Å². The van der Waals surface area contributed by atoms with E-state index in [-0.39, 0.29) is 10.8 Å². The van der Waals surface area contributed by atoms with Gasteiger partial charge >= 0.3 is 0 Å². The second-order valence-corrected chi connectivity index (χ2v) is 5.52. The molecule has 0 aliphatic heterocycles. The zero-order valence-electron chi connectivity index (χ0n) is 11.2. The SMILES string of the molecule is O=C(N=C1C=C(Cl)C(=O)c2ccccc21)c1ccc(Cl)cc1. The summed E-state index contributed by atoms with van der Waals surface area (Å²) in [5.74, 6) is -0.688. The smallest absolute Gasteiger partial charge is 0.277 e. The predicted octanol–water partition coefficient (Wildman–Crippen LogP) is 4.29. The molecule has 0 N–H and O–H groups in total. The Balaban J connectivity index is 2.05. The molecule has 0 heterocycles. The number of carbonyl (C=O) groups excluding carboxylic acids is 2. The highest BCUT2D eigenvalue weighted by Gasteiger charge is 2.23. The largest absolute Gasteiger partial charge is 0.288 e. The van der Waals surface area contributed by atoms with E-state index in [1.54, 1.807) is 48.5 Å². The van der Waals surface area contributed by atoms with E-state index in [0.29, 0.717) is 27.4 Å². The average molecular weight is 330 g/mol. The van der Waals surface area contributed by atoms with Crippen molar-refractivity contribution < 1.29 is 9.59 Å². The van der Waals surface area contributed by atoms with Crippen molar-refractivity contribution in [1.82, 2.24) is 0 Å². The van der Waals surface area contributed by atoms with Crippen molar-refractivity contribution in [2.45, 2.75) is 0 Å². The predicted molar refractivity (Wildman–Crippen MR) is 87.0 cm³/mol. The first-order valence-electron chi connectivity index (χ1n) is 6.46. The second kappa shape index (κ2) is 5.87. The van der Waals surface area contributed by atoms with Crippen LogP contribution < -0.4 is 0 Å². The zero-order chi connectivity index (χ0) is 15.7. The van der Waals surface area contributed by atoms with Crippen LogP contribution >= 0.6 is 23.2 Å². The third-order valence-electron chi connectivity index (χ3n) is 3.24. The molecule has 108 valence electrons. The molecule has 1 aliphatic rings. The molecule has 2 aromatic rings. The molecule has 22 heavy (non-hydrogen) atoms. The van der Waals surface area contributed by atoms with Gasteiger partial charge in [-0.25, -0.2) is 4.99 Å². The van der Waals surface area contributed by atoms with Crippen LogP contribution in [-0.4, -0.2) is 17.4 Å². The minimum Gasteiger partial charge on any atom is -0.288 e. The van der Waals surface area contributed by atoms with E-state index in [2.05, 4.69) is 4.99 Å². The number of hydrogen-bond donors (Lipinski definition) is 0. The van der Waals surface area contributed by atoms with Crippen LogP contribution in [-0.2, 0) is 0 Å². The highest BCUT2D eigenvalue weighted by molar-refractivity contribution is 6.49. The fraction of sp³-hybridized carbons (Fsp3) is 0. The van der Waals surface area contributed by atoms with E-state index >= 15 is 0 Å². The lowest BCUT2D eigenvalue weighted by atomic mass is 9.94. The molecule has 0 atom stereocenters. The van der Waals surface area contributed by atoms with E-state index in [1.807, 2.05) is 0 Å². The normalized spacial score (nSPS) is 15.5. The topological polar surface area (TPSA) is 46.5 Å². The molecule has 2 aromatic carbocycles. The van der Waals surface area contributed by atoms with Crippen LogP contribution in [0.4, 0.5) is 0 Å². The number of halogens is 2. The Morgan fingerprint density at radius 2 is 1.55 bits per heavy atom. The second-order valence-electron chi connectivity index (χ2n) is 4.68. The molecule has 1 amide bonds. The van der Waals surface area contributed by atoms with Crippen LogP contribution in [0.3, 0.4) is 0 Å². The average Bonchev–Trinajstić information content (AvgIpc) is 2.53. The van der Waals surface area contributed by atoms with E-state index in [0.717, 1.165) is 0 Å². The molecular weight excluding hydrogens is 321 g/mol. The van der Waals surface area contributed by atoms with Gasteiger partial charge in [-0.3, -0.25) is 9.59 Å². The quantitative estimate of drug-likeness (QED) is 0.783. The maximum atomic E-state index is 12.2. The van der Waals surface area contributed by atoms with Crippen molar-refractivity contribution in [2.24, 2.45) is 4.99 Å². The molecule has 0 radical (unpaired) electrons. The van der Waals surface area contributed by atoms with Crippen molar-refractivity contribution in [1.29, 1.82) is 0 Å². The number of nitrogens with zero attached hydrogens (tertiary/aromatic N) is 1. The summed E-state index contributed by atoms with van der Waals surface area (Å²) in [5.41, 5.74) is 1.83. The molecule has 3 nitrogen and oxygen atoms in total. The minimum absolute atomic E-state index is 0.0429. The molecular formula is C17H9Cl2NO2. The van der Waals surface area contributed by atoms with E-state index in [9.17, 15) is 9.59 Å². The number of Topliss-reactive ketones (excluding diaryl/α,β-unsaturated/α-hetero) is 1. The van der Waals surface area contributed by atoms with Gasteiger partial charge in [0.15, 0.2) is 0 Å². The van der Waals surface area contributed by atoms with Crippen molar-refractivity contribution in [3.05, 3.63) is 81.4 Å². The summed E-state index contributed by atoms with van der Waals surface area (Å²) in [5, 5.41) is 0.585. The van der Waals surface area contributed by atoms with E-state index in [4.69, 9.17) is 23.2 Å². The molecule has 0 aromatic heterocycles. The number of carbonyl (C=O) groups is 2. The Labute approximate surface area is 136 Å². The summed E-state index contributed by atoms with van der Waals surface area (Å²) in [4.78, 5) is 28.3. The Bertz CT molecular complexity index is 836. The Morgan fingerprint density at radius 1 is 0.909 bits per heavy atom. The van der Waals surface area contributed by atoms with Crippen molar-refractivity contribution in [3.8, 4) is 0 Å². The number of benzene rings is 2. The maximum Gasteiger partial charge on any atom is 0.277 e. The molecule has 0 saturated heterocycles. The van der Waals surface area contributed by atoms with Gasteiger partial charge in [-0.15, -0.1) is 0 Å². The number of hydrogen-bond acceptors (Lipinski definition) is 2. The van der Waals surface area contributed by atoms with Crippen LogP contribution in [0.15, 0.2) is 64.6 Å². The van der Waals surface area contributed by atoms with Gasteiger partial charge in [0.05, 0.1) is 10.7 Å². The van der Waals surface area contributed by atoms with Crippen molar-refractivity contribution >= 4 is 40.6 Å². The molecule has 5 heteroatoms. The van der Waals surface area contributed by atoms with Gasteiger partial charge in [0, 0.05) is 21.7 Å². The number of ketones is 1. The third-order valence-corrected chi connectivity index (χ3v) is 3.77. The van der Waals surface area contributed by atoms with Gasteiger partial charge in [-0.1, -0.05) is 47.5 Å². The minimum atomic E-state index is -0.420. The first-order chi connectivity index (χ1) is 10.6. The summed E-state index contributed by atoms with van der Waals surface area (Å²) < 4.78 is 0. The molecule has 0 bridgehead atoms.